The summed E-state index contributed by atoms with van der Waals surface area (Å²) in [6, 6.07) is 3.56. The third kappa shape index (κ3) is 3.34. The van der Waals surface area contributed by atoms with Crippen molar-refractivity contribution in [2.24, 2.45) is 0 Å². The third-order valence-electron chi connectivity index (χ3n) is 2.71. The number of halogens is 2. The molecule has 1 heterocycles. The van der Waals surface area contributed by atoms with Crippen molar-refractivity contribution in [1.29, 1.82) is 0 Å². The maximum Gasteiger partial charge on any atom is 0.141 e. The maximum atomic E-state index is 12.8. The Bertz CT molecular complexity index is 298. The first-order chi connectivity index (χ1) is 7.72. The van der Waals surface area contributed by atoms with E-state index in [4.69, 9.17) is 11.6 Å². The van der Waals surface area contributed by atoms with E-state index in [2.05, 4.69) is 23.7 Å². The van der Waals surface area contributed by atoms with Crippen LogP contribution >= 0.6 is 11.6 Å². The highest BCUT2D eigenvalue weighted by Crippen LogP contribution is 2.18. The Labute approximate surface area is 101 Å². The monoisotopic (exact) mass is 244 g/mol. The molecule has 0 aromatic carbocycles. The van der Waals surface area contributed by atoms with E-state index in [1.54, 1.807) is 6.07 Å². The number of alkyl halides is 1. The van der Waals surface area contributed by atoms with Crippen LogP contribution in [0.2, 0.25) is 0 Å². The Kier molecular flexibility index (Phi) is 5.53. The highest BCUT2D eigenvalue weighted by atomic mass is 35.5. The smallest absolute Gasteiger partial charge is 0.141 e. The van der Waals surface area contributed by atoms with E-state index in [1.165, 1.54) is 12.3 Å². The largest absolute Gasteiger partial charge is 0.352 e. The van der Waals surface area contributed by atoms with Gasteiger partial charge in [-0.2, -0.15) is 0 Å². The summed E-state index contributed by atoms with van der Waals surface area (Å²) in [5.74, 6) is 1.05. The number of anilines is 1. The van der Waals surface area contributed by atoms with Gasteiger partial charge in [0.1, 0.15) is 11.6 Å². The minimum Gasteiger partial charge on any atom is -0.352 e. The Balaban J connectivity index is 2.87. The van der Waals surface area contributed by atoms with Crippen LogP contribution in [-0.4, -0.2) is 23.5 Å². The molecule has 0 fully saturated rings. The predicted octanol–water partition coefficient (Wildman–Crippen LogP) is 3.45. The van der Waals surface area contributed by atoms with Gasteiger partial charge in [-0.05, 0) is 25.0 Å². The van der Waals surface area contributed by atoms with Crippen molar-refractivity contribution in [3.8, 4) is 0 Å². The molecule has 4 heteroatoms. The first kappa shape index (κ1) is 13.2. The Morgan fingerprint density at radius 2 is 2.06 bits per heavy atom. The second-order valence-corrected chi connectivity index (χ2v) is 4.07. The summed E-state index contributed by atoms with van der Waals surface area (Å²) >= 11 is 5.79. The molecule has 1 rings (SSSR count). The van der Waals surface area contributed by atoms with Gasteiger partial charge in [-0.15, -0.1) is 11.6 Å². The van der Waals surface area contributed by atoms with Crippen molar-refractivity contribution >= 4 is 17.4 Å². The van der Waals surface area contributed by atoms with Crippen molar-refractivity contribution in [1.82, 2.24) is 4.98 Å². The van der Waals surface area contributed by atoms with Gasteiger partial charge in [0.05, 0.1) is 6.20 Å². The summed E-state index contributed by atoms with van der Waals surface area (Å²) in [6.45, 7) is 5.02. The average Bonchev–Trinajstić information content (AvgIpc) is 2.31. The fraction of sp³-hybridized carbons (Fsp3) is 0.583. The Morgan fingerprint density at radius 3 is 2.50 bits per heavy atom. The van der Waals surface area contributed by atoms with Gasteiger partial charge in [-0.25, -0.2) is 9.37 Å². The lowest BCUT2D eigenvalue weighted by Crippen LogP contribution is -2.36. The molecule has 0 bridgehead atoms. The molecule has 90 valence electrons. The molecule has 0 saturated carbocycles. The molecule has 1 aromatic heterocycles. The lowest BCUT2D eigenvalue weighted by molar-refractivity contribution is 0.560. The molecule has 0 aliphatic heterocycles. The van der Waals surface area contributed by atoms with Gasteiger partial charge in [-0.3, -0.25) is 0 Å². The van der Waals surface area contributed by atoms with Crippen LogP contribution in [0.5, 0.6) is 0 Å². The van der Waals surface area contributed by atoms with E-state index < -0.39 is 0 Å². The number of hydrogen-bond acceptors (Lipinski definition) is 2. The topological polar surface area (TPSA) is 16.1 Å². The van der Waals surface area contributed by atoms with Crippen LogP contribution in [0.15, 0.2) is 18.3 Å². The second-order valence-electron chi connectivity index (χ2n) is 3.69. The predicted molar refractivity (Wildman–Crippen MR) is 66.6 cm³/mol. The highest BCUT2D eigenvalue weighted by Gasteiger charge is 2.16. The van der Waals surface area contributed by atoms with Gasteiger partial charge >= 0.3 is 0 Å². The minimum atomic E-state index is -0.306. The van der Waals surface area contributed by atoms with Crippen molar-refractivity contribution in [3.63, 3.8) is 0 Å². The quantitative estimate of drug-likeness (QED) is 0.713. The molecular weight excluding hydrogens is 227 g/mol. The molecule has 0 saturated heterocycles. The lowest BCUT2D eigenvalue weighted by Gasteiger charge is -2.30. The van der Waals surface area contributed by atoms with Gasteiger partial charge in [-0.1, -0.05) is 13.8 Å². The normalized spacial score (nSPS) is 10.8. The average molecular weight is 245 g/mol. The number of nitrogens with zero attached hydrogens (tertiary/aromatic N) is 2. The van der Waals surface area contributed by atoms with E-state index in [0.717, 1.165) is 25.2 Å². The van der Waals surface area contributed by atoms with Crippen LogP contribution in [0.1, 0.15) is 26.7 Å². The molecule has 0 radical (unpaired) electrons. The summed E-state index contributed by atoms with van der Waals surface area (Å²) in [5, 5.41) is 0. The highest BCUT2D eigenvalue weighted by molar-refractivity contribution is 6.18. The van der Waals surface area contributed by atoms with Crippen LogP contribution in [0.25, 0.3) is 0 Å². The molecule has 0 atom stereocenters. The van der Waals surface area contributed by atoms with E-state index in [0.29, 0.717) is 11.9 Å². The fourth-order valence-corrected chi connectivity index (χ4v) is 2.02. The number of aromatic nitrogens is 1. The van der Waals surface area contributed by atoms with Gasteiger partial charge in [0.2, 0.25) is 0 Å². The third-order valence-corrected chi connectivity index (χ3v) is 2.88. The van der Waals surface area contributed by atoms with Gasteiger partial charge < -0.3 is 4.90 Å². The number of pyridine rings is 1. The first-order valence-electron chi connectivity index (χ1n) is 5.67. The molecule has 2 nitrogen and oxygen atoms in total. The van der Waals surface area contributed by atoms with Crippen molar-refractivity contribution in [2.75, 3.05) is 17.3 Å². The first-order valence-corrected chi connectivity index (χ1v) is 6.20. The molecule has 16 heavy (non-hydrogen) atoms. The SMILES string of the molecule is CCC(CC)N(CCCl)c1ccc(F)cn1. The summed E-state index contributed by atoms with van der Waals surface area (Å²) in [5.41, 5.74) is 0. The Morgan fingerprint density at radius 1 is 1.38 bits per heavy atom. The van der Waals surface area contributed by atoms with Crippen molar-refractivity contribution in [3.05, 3.63) is 24.1 Å². The molecular formula is C12H18ClFN2. The summed E-state index contributed by atoms with van der Waals surface area (Å²) in [4.78, 5) is 6.25. The molecule has 1 aromatic rings. The molecule has 0 unspecified atom stereocenters. The zero-order chi connectivity index (χ0) is 12.0. The van der Waals surface area contributed by atoms with Gasteiger partial charge in [0.15, 0.2) is 0 Å². The van der Waals surface area contributed by atoms with Crippen LogP contribution in [0.4, 0.5) is 10.2 Å². The lowest BCUT2D eigenvalue weighted by atomic mass is 10.1. The van der Waals surface area contributed by atoms with E-state index in [9.17, 15) is 4.39 Å². The van der Waals surface area contributed by atoms with Crippen LogP contribution in [0, 0.1) is 5.82 Å². The van der Waals surface area contributed by atoms with Crippen LogP contribution < -0.4 is 4.90 Å². The van der Waals surface area contributed by atoms with E-state index in [1.807, 2.05) is 0 Å². The molecule has 0 aliphatic carbocycles. The van der Waals surface area contributed by atoms with Crippen LogP contribution in [-0.2, 0) is 0 Å². The molecule has 0 N–H and O–H groups in total. The maximum absolute atomic E-state index is 12.8. The van der Waals surface area contributed by atoms with Crippen molar-refractivity contribution < 1.29 is 4.39 Å². The zero-order valence-corrected chi connectivity index (χ0v) is 10.5. The Hall–Kier alpha value is -0.830. The molecule has 0 spiro atoms. The summed E-state index contributed by atoms with van der Waals surface area (Å²) in [6.07, 6.45) is 3.32. The number of hydrogen-bond donors (Lipinski definition) is 0. The van der Waals surface area contributed by atoms with E-state index >= 15 is 0 Å². The molecule has 0 aliphatic rings. The molecule has 0 amide bonds. The van der Waals surface area contributed by atoms with Crippen molar-refractivity contribution in [2.45, 2.75) is 32.7 Å². The standard InChI is InChI=1S/C12H18ClFN2/c1-3-11(4-2)16(8-7-13)12-6-5-10(14)9-15-12/h5-6,9,11H,3-4,7-8H2,1-2H3. The zero-order valence-electron chi connectivity index (χ0n) is 9.79. The minimum absolute atomic E-state index is 0.306. The number of rotatable bonds is 6. The van der Waals surface area contributed by atoms with Gasteiger partial charge in [0, 0.05) is 18.5 Å². The summed E-state index contributed by atoms with van der Waals surface area (Å²) < 4.78 is 12.8. The second kappa shape index (κ2) is 6.69. The summed E-state index contributed by atoms with van der Waals surface area (Å²) in [7, 11) is 0. The van der Waals surface area contributed by atoms with E-state index in [-0.39, 0.29) is 5.82 Å². The van der Waals surface area contributed by atoms with Gasteiger partial charge in [0.25, 0.3) is 0 Å². The fourth-order valence-electron chi connectivity index (χ4n) is 1.84. The van der Waals surface area contributed by atoms with Crippen LogP contribution in [0.3, 0.4) is 0 Å².